The Kier molecular flexibility index (Phi) is 5.19. The predicted octanol–water partition coefficient (Wildman–Crippen LogP) is 0.869. The molecule has 8 nitrogen and oxygen atoms in total. The summed E-state index contributed by atoms with van der Waals surface area (Å²) in [5, 5.41) is 14.2. The van der Waals surface area contributed by atoms with E-state index in [0.29, 0.717) is 39.3 Å². The van der Waals surface area contributed by atoms with Crippen LogP contribution in [0.3, 0.4) is 0 Å². The number of benzene rings is 1. The number of carbonyl (C=O) groups is 1. The summed E-state index contributed by atoms with van der Waals surface area (Å²) < 4.78 is 5.31. The molecule has 1 atom stereocenters. The van der Waals surface area contributed by atoms with E-state index in [9.17, 15) is 14.9 Å². The van der Waals surface area contributed by atoms with Crippen LogP contribution in [0.1, 0.15) is 6.42 Å². The third-order valence-electron chi connectivity index (χ3n) is 5.09. The van der Waals surface area contributed by atoms with E-state index in [1.165, 1.54) is 6.07 Å². The maximum atomic E-state index is 13.0. The van der Waals surface area contributed by atoms with Gasteiger partial charge in [0.2, 0.25) is 5.91 Å². The molecule has 25 heavy (non-hydrogen) atoms. The van der Waals surface area contributed by atoms with Gasteiger partial charge in [0.15, 0.2) is 0 Å². The molecule has 136 valence electrons. The fraction of sp³-hybridized carbons (Fsp3) is 0.588. The van der Waals surface area contributed by atoms with Crippen LogP contribution in [0.2, 0.25) is 0 Å². The molecule has 2 fully saturated rings. The molecular weight excluding hydrogens is 324 g/mol. The number of nitro groups is 1. The van der Waals surface area contributed by atoms with Crippen molar-refractivity contribution in [2.75, 3.05) is 57.9 Å². The second kappa shape index (κ2) is 7.37. The summed E-state index contributed by atoms with van der Waals surface area (Å²) in [6.07, 6.45) is 0.796. The molecule has 1 aromatic carbocycles. The number of carbonyl (C=O) groups excluding carboxylic acids is 1. The number of nitrogens with zero attached hydrogens (tertiary/aromatic N) is 3. The van der Waals surface area contributed by atoms with E-state index in [2.05, 4.69) is 10.2 Å². The van der Waals surface area contributed by atoms with Crippen molar-refractivity contribution in [3.63, 3.8) is 0 Å². The minimum Gasteiger partial charge on any atom is -0.384 e. The summed E-state index contributed by atoms with van der Waals surface area (Å²) in [5.74, 6) is 0.151. The minimum atomic E-state index is -0.456. The van der Waals surface area contributed by atoms with Gasteiger partial charge < -0.3 is 19.9 Å². The third-order valence-corrected chi connectivity index (χ3v) is 5.09. The number of nitrogens with one attached hydrogen (secondary N) is 1. The molecule has 0 radical (unpaired) electrons. The molecule has 3 rings (SSSR count). The second-order valence-corrected chi connectivity index (χ2v) is 6.70. The second-order valence-electron chi connectivity index (χ2n) is 6.70. The number of amides is 1. The number of methoxy groups -OCH3 is 1. The first kappa shape index (κ1) is 17.6. The van der Waals surface area contributed by atoms with Crippen molar-refractivity contribution >= 4 is 17.3 Å². The van der Waals surface area contributed by atoms with Crippen molar-refractivity contribution in [1.29, 1.82) is 0 Å². The fourth-order valence-electron chi connectivity index (χ4n) is 3.69. The zero-order chi connectivity index (χ0) is 17.9. The summed E-state index contributed by atoms with van der Waals surface area (Å²) in [6, 6.07) is 6.65. The third kappa shape index (κ3) is 3.59. The first-order chi connectivity index (χ1) is 12.1. The molecule has 0 spiro atoms. The number of rotatable bonds is 5. The quantitative estimate of drug-likeness (QED) is 0.627. The molecule has 1 amide bonds. The Hall–Kier alpha value is -2.19. The Bertz CT molecular complexity index is 637. The van der Waals surface area contributed by atoms with Gasteiger partial charge in [-0.2, -0.15) is 0 Å². The maximum absolute atomic E-state index is 13.0. The van der Waals surface area contributed by atoms with Gasteiger partial charge in [-0.05, 0) is 19.0 Å². The number of nitro benzene ring substituents is 1. The van der Waals surface area contributed by atoms with Crippen LogP contribution in [0.4, 0.5) is 11.4 Å². The monoisotopic (exact) mass is 348 g/mol. The molecule has 8 heteroatoms. The molecule has 0 aliphatic carbocycles. The van der Waals surface area contributed by atoms with Crippen molar-refractivity contribution in [2.24, 2.45) is 5.41 Å². The van der Waals surface area contributed by atoms with E-state index in [-0.39, 0.29) is 16.5 Å². The molecule has 2 saturated heterocycles. The van der Waals surface area contributed by atoms with Gasteiger partial charge in [0.05, 0.1) is 16.9 Å². The van der Waals surface area contributed by atoms with Crippen LogP contribution in [-0.4, -0.2) is 68.7 Å². The lowest BCUT2D eigenvalue weighted by atomic mass is 9.86. The first-order valence-electron chi connectivity index (χ1n) is 8.54. The molecule has 2 aliphatic rings. The highest BCUT2D eigenvalue weighted by atomic mass is 16.6. The van der Waals surface area contributed by atoms with E-state index in [1.54, 1.807) is 19.2 Å². The number of ether oxygens (including phenoxy) is 1. The van der Waals surface area contributed by atoms with Gasteiger partial charge in [0, 0.05) is 57.7 Å². The molecule has 0 bridgehead atoms. The molecule has 0 saturated carbocycles. The Morgan fingerprint density at radius 1 is 1.36 bits per heavy atom. The highest BCUT2D eigenvalue weighted by molar-refractivity contribution is 5.84. The lowest BCUT2D eigenvalue weighted by Gasteiger charge is -2.40. The summed E-state index contributed by atoms with van der Waals surface area (Å²) in [7, 11) is 1.63. The Balaban J connectivity index is 1.64. The Labute approximate surface area is 146 Å². The number of anilines is 1. The van der Waals surface area contributed by atoms with Gasteiger partial charge in [-0.15, -0.1) is 0 Å². The number of non-ortho nitro benzene ring substituents is 1. The van der Waals surface area contributed by atoms with Gasteiger partial charge in [0.1, 0.15) is 0 Å². The number of piperazine rings is 1. The van der Waals surface area contributed by atoms with Gasteiger partial charge in [0.25, 0.3) is 5.69 Å². The van der Waals surface area contributed by atoms with Crippen LogP contribution >= 0.6 is 0 Å². The lowest BCUT2D eigenvalue weighted by Crippen LogP contribution is -2.55. The zero-order valence-electron chi connectivity index (χ0n) is 14.4. The van der Waals surface area contributed by atoms with E-state index in [4.69, 9.17) is 4.74 Å². The van der Waals surface area contributed by atoms with Crippen LogP contribution in [0.5, 0.6) is 0 Å². The van der Waals surface area contributed by atoms with Crippen LogP contribution in [0.25, 0.3) is 0 Å². The molecule has 2 aliphatic heterocycles. The molecule has 2 heterocycles. The number of hydrogen-bond acceptors (Lipinski definition) is 6. The van der Waals surface area contributed by atoms with Gasteiger partial charge in [-0.3, -0.25) is 14.9 Å². The predicted molar refractivity (Wildman–Crippen MR) is 93.7 cm³/mol. The standard InChI is InChI=1S/C17H24N4O4/c1-25-13-17(5-6-18-12-17)16(22)20-9-7-19(8-10-20)14-3-2-4-15(11-14)21(23)24/h2-4,11,18H,5-10,12-13H2,1H3. The van der Waals surface area contributed by atoms with Crippen molar-refractivity contribution < 1.29 is 14.5 Å². The molecule has 1 aromatic rings. The summed E-state index contributed by atoms with van der Waals surface area (Å²) >= 11 is 0. The van der Waals surface area contributed by atoms with Crippen LogP contribution in [0.15, 0.2) is 24.3 Å². The highest BCUT2D eigenvalue weighted by Gasteiger charge is 2.44. The van der Waals surface area contributed by atoms with Crippen LogP contribution in [-0.2, 0) is 9.53 Å². The molecule has 0 aromatic heterocycles. The van der Waals surface area contributed by atoms with Crippen LogP contribution in [0, 0.1) is 15.5 Å². The minimum absolute atomic E-state index is 0.0899. The summed E-state index contributed by atoms with van der Waals surface area (Å²) in [5.41, 5.74) is 0.463. The van der Waals surface area contributed by atoms with E-state index in [0.717, 1.165) is 18.7 Å². The van der Waals surface area contributed by atoms with Crippen molar-refractivity contribution in [2.45, 2.75) is 6.42 Å². The topological polar surface area (TPSA) is 88.0 Å². The van der Waals surface area contributed by atoms with Crippen LogP contribution < -0.4 is 10.2 Å². The van der Waals surface area contributed by atoms with Crippen molar-refractivity contribution in [1.82, 2.24) is 10.2 Å². The maximum Gasteiger partial charge on any atom is 0.271 e. The van der Waals surface area contributed by atoms with Gasteiger partial charge in [-0.1, -0.05) is 6.07 Å². The van der Waals surface area contributed by atoms with Crippen molar-refractivity contribution in [3.05, 3.63) is 34.4 Å². The van der Waals surface area contributed by atoms with Gasteiger partial charge in [-0.25, -0.2) is 0 Å². The normalized spacial score (nSPS) is 23.7. The largest absolute Gasteiger partial charge is 0.384 e. The molecule has 1 N–H and O–H groups in total. The van der Waals surface area contributed by atoms with E-state index < -0.39 is 5.41 Å². The molecular formula is C17H24N4O4. The average molecular weight is 348 g/mol. The molecule has 1 unspecified atom stereocenters. The van der Waals surface area contributed by atoms with E-state index >= 15 is 0 Å². The van der Waals surface area contributed by atoms with Crippen molar-refractivity contribution in [3.8, 4) is 0 Å². The van der Waals surface area contributed by atoms with E-state index in [1.807, 2.05) is 11.0 Å². The Morgan fingerprint density at radius 2 is 2.12 bits per heavy atom. The summed E-state index contributed by atoms with van der Waals surface area (Å²) in [6.45, 7) is 4.50. The lowest BCUT2D eigenvalue weighted by molar-refractivity contribution is -0.384. The summed E-state index contributed by atoms with van der Waals surface area (Å²) in [4.78, 5) is 27.5. The fourth-order valence-corrected chi connectivity index (χ4v) is 3.69. The average Bonchev–Trinajstić information content (AvgIpc) is 3.11. The smallest absolute Gasteiger partial charge is 0.271 e. The van der Waals surface area contributed by atoms with Gasteiger partial charge >= 0.3 is 0 Å². The SMILES string of the molecule is COCC1(C(=O)N2CCN(c3cccc([N+](=O)[O-])c3)CC2)CCNC1. The first-order valence-corrected chi connectivity index (χ1v) is 8.54. The Morgan fingerprint density at radius 3 is 2.72 bits per heavy atom. The highest BCUT2D eigenvalue weighted by Crippen LogP contribution is 2.30. The zero-order valence-corrected chi connectivity index (χ0v) is 14.4. The number of hydrogen-bond donors (Lipinski definition) is 1.